The molecule has 37 heavy (non-hydrogen) atoms. The Hall–Kier alpha value is -3.35. The van der Waals surface area contributed by atoms with Gasteiger partial charge in [0.2, 0.25) is 5.91 Å². The number of para-hydroxylation sites is 1. The number of anilines is 1. The molecule has 3 amide bonds. The molecule has 0 aromatic heterocycles. The molecule has 0 aliphatic heterocycles. The standard InChI is InChI=1S/C30H43N3O4/c1-19(2)23(32-28(36)37-30(8,9)10)27(35)33(29(5,6)7)25(22-17-12-11-13-18-22)26(34)31-24-20(3)15-14-16-21(24)4/h11-19,23,25H,1-10H3,(H,31,34)(H,32,36). The lowest BCUT2D eigenvalue weighted by Crippen LogP contribution is -2.59. The van der Waals surface area contributed by atoms with E-state index in [1.165, 1.54) is 0 Å². The van der Waals surface area contributed by atoms with Gasteiger partial charge in [-0.15, -0.1) is 0 Å². The Morgan fingerprint density at radius 2 is 1.38 bits per heavy atom. The predicted molar refractivity (Wildman–Crippen MR) is 148 cm³/mol. The molecule has 2 atom stereocenters. The van der Waals surface area contributed by atoms with E-state index in [-0.39, 0.29) is 17.7 Å². The van der Waals surface area contributed by atoms with Crippen LogP contribution >= 0.6 is 0 Å². The second-order valence-corrected chi connectivity index (χ2v) is 11.8. The first kappa shape index (κ1) is 29.9. The molecule has 2 unspecified atom stereocenters. The van der Waals surface area contributed by atoms with Gasteiger partial charge in [-0.25, -0.2) is 4.79 Å². The maximum atomic E-state index is 14.2. The molecule has 0 spiro atoms. The number of benzene rings is 2. The van der Waals surface area contributed by atoms with Gasteiger partial charge in [0.1, 0.15) is 17.7 Å². The first-order valence-electron chi connectivity index (χ1n) is 12.8. The van der Waals surface area contributed by atoms with Crippen molar-refractivity contribution in [3.8, 4) is 0 Å². The van der Waals surface area contributed by atoms with Gasteiger partial charge in [0.05, 0.1) is 0 Å². The lowest BCUT2D eigenvalue weighted by molar-refractivity contribution is -0.147. The second kappa shape index (κ2) is 11.8. The molecular formula is C30H43N3O4. The molecule has 0 radical (unpaired) electrons. The molecule has 0 aliphatic rings. The molecule has 0 bridgehead atoms. The Morgan fingerprint density at radius 3 is 1.84 bits per heavy atom. The highest BCUT2D eigenvalue weighted by Crippen LogP contribution is 2.32. The number of nitrogens with one attached hydrogen (secondary N) is 2. The van der Waals surface area contributed by atoms with Gasteiger partial charge in [0, 0.05) is 11.2 Å². The van der Waals surface area contributed by atoms with E-state index in [1.54, 1.807) is 25.7 Å². The fraction of sp³-hybridized carbons (Fsp3) is 0.500. The number of aryl methyl sites for hydroxylation is 2. The number of amides is 3. The fourth-order valence-corrected chi connectivity index (χ4v) is 4.20. The van der Waals surface area contributed by atoms with E-state index in [1.807, 2.05) is 97.0 Å². The van der Waals surface area contributed by atoms with Crippen LogP contribution in [0.3, 0.4) is 0 Å². The quantitative estimate of drug-likeness (QED) is 0.468. The molecule has 2 rings (SSSR count). The Balaban J connectivity index is 2.58. The third kappa shape index (κ3) is 8.07. The van der Waals surface area contributed by atoms with Crippen molar-refractivity contribution in [2.24, 2.45) is 5.92 Å². The molecule has 0 aliphatic carbocycles. The van der Waals surface area contributed by atoms with Crippen molar-refractivity contribution in [2.45, 2.75) is 92.5 Å². The number of carbonyl (C=O) groups is 3. The normalized spacial score (nSPS) is 13.5. The summed E-state index contributed by atoms with van der Waals surface area (Å²) >= 11 is 0. The molecule has 0 heterocycles. The smallest absolute Gasteiger partial charge is 0.408 e. The van der Waals surface area contributed by atoms with Gasteiger partial charge in [0.25, 0.3) is 5.91 Å². The van der Waals surface area contributed by atoms with Crippen LogP contribution in [-0.2, 0) is 14.3 Å². The van der Waals surface area contributed by atoms with Gasteiger partial charge >= 0.3 is 6.09 Å². The summed E-state index contributed by atoms with van der Waals surface area (Å²) in [5.41, 5.74) is 1.80. The minimum atomic E-state index is -0.936. The molecule has 0 saturated carbocycles. The molecule has 0 fully saturated rings. The van der Waals surface area contributed by atoms with Gasteiger partial charge in [-0.05, 0) is 78.0 Å². The Kier molecular flexibility index (Phi) is 9.53. The van der Waals surface area contributed by atoms with Gasteiger partial charge in [-0.3, -0.25) is 9.59 Å². The SMILES string of the molecule is Cc1cccc(C)c1NC(=O)C(c1ccccc1)N(C(=O)C(NC(=O)OC(C)(C)C)C(C)C)C(C)(C)C. The van der Waals surface area contributed by atoms with Gasteiger partial charge < -0.3 is 20.3 Å². The summed E-state index contributed by atoms with van der Waals surface area (Å²) in [6.45, 7) is 18.5. The largest absolute Gasteiger partial charge is 0.444 e. The zero-order valence-electron chi connectivity index (χ0n) is 23.9. The summed E-state index contributed by atoms with van der Waals surface area (Å²) in [5, 5.41) is 5.83. The molecule has 0 saturated heterocycles. The lowest BCUT2D eigenvalue weighted by atomic mass is 9.93. The van der Waals surface area contributed by atoms with Crippen LogP contribution in [0.25, 0.3) is 0 Å². The van der Waals surface area contributed by atoms with Crippen LogP contribution in [0.1, 0.15) is 78.1 Å². The summed E-state index contributed by atoms with van der Waals surface area (Å²) in [6, 6.07) is 13.2. The zero-order valence-corrected chi connectivity index (χ0v) is 23.9. The van der Waals surface area contributed by atoms with Crippen LogP contribution in [0.5, 0.6) is 0 Å². The molecule has 2 aromatic rings. The van der Waals surface area contributed by atoms with Gasteiger partial charge in [-0.2, -0.15) is 0 Å². The van der Waals surface area contributed by atoms with Crippen LogP contribution in [0.4, 0.5) is 10.5 Å². The fourth-order valence-electron chi connectivity index (χ4n) is 4.20. The van der Waals surface area contributed by atoms with Crippen molar-refractivity contribution < 1.29 is 19.1 Å². The summed E-state index contributed by atoms with van der Waals surface area (Å²) in [4.78, 5) is 42.4. The lowest BCUT2D eigenvalue weighted by Gasteiger charge is -2.43. The average molecular weight is 510 g/mol. The van der Waals surface area contributed by atoms with E-state index in [2.05, 4.69) is 10.6 Å². The number of hydrogen-bond donors (Lipinski definition) is 2. The van der Waals surface area contributed by atoms with Gasteiger partial charge in [-0.1, -0.05) is 62.4 Å². The third-order valence-corrected chi connectivity index (χ3v) is 5.92. The number of hydrogen-bond acceptors (Lipinski definition) is 4. The number of carbonyl (C=O) groups excluding carboxylic acids is 3. The van der Waals surface area contributed by atoms with E-state index in [0.29, 0.717) is 5.56 Å². The van der Waals surface area contributed by atoms with E-state index >= 15 is 0 Å². The van der Waals surface area contributed by atoms with Crippen molar-refractivity contribution in [1.82, 2.24) is 10.2 Å². The predicted octanol–water partition coefficient (Wildman–Crippen LogP) is 6.16. The Bertz CT molecular complexity index is 1080. The van der Waals surface area contributed by atoms with E-state index in [4.69, 9.17) is 4.74 Å². The maximum Gasteiger partial charge on any atom is 0.408 e. The summed E-state index contributed by atoms with van der Waals surface area (Å²) in [7, 11) is 0. The average Bonchev–Trinajstić information content (AvgIpc) is 2.76. The number of alkyl carbamates (subject to hydrolysis) is 1. The first-order valence-corrected chi connectivity index (χ1v) is 12.8. The molecule has 7 nitrogen and oxygen atoms in total. The third-order valence-electron chi connectivity index (χ3n) is 5.92. The van der Waals surface area contributed by atoms with Crippen LogP contribution in [-0.4, -0.2) is 40.0 Å². The summed E-state index contributed by atoms with van der Waals surface area (Å²) in [6.07, 6.45) is -0.676. The van der Waals surface area contributed by atoms with Crippen LogP contribution in [0.15, 0.2) is 48.5 Å². The topological polar surface area (TPSA) is 87.7 Å². The van der Waals surface area contributed by atoms with Crippen LogP contribution in [0, 0.1) is 19.8 Å². The second-order valence-electron chi connectivity index (χ2n) is 11.8. The van der Waals surface area contributed by atoms with E-state index < -0.39 is 29.3 Å². The molecule has 7 heteroatoms. The van der Waals surface area contributed by atoms with Crippen molar-refractivity contribution in [3.05, 3.63) is 65.2 Å². The van der Waals surface area contributed by atoms with E-state index in [0.717, 1.165) is 16.8 Å². The summed E-state index contributed by atoms with van der Waals surface area (Å²) < 4.78 is 5.43. The summed E-state index contributed by atoms with van der Waals surface area (Å²) in [5.74, 6) is -0.937. The highest BCUT2D eigenvalue weighted by atomic mass is 16.6. The van der Waals surface area contributed by atoms with Gasteiger partial charge in [0.15, 0.2) is 0 Å². The van der Waals surface area contributed by atoms with Crippen molar-refractivity contribution in [1.29, 1.82) is 0 Å². The van der Waals surface area contributed by atoms with E-state index in [9.17, 15) is 14.4 Å². The monoisotopic (exact) mass is 509 g/mol. The molecule has 202 valence electrons. The van der Waals surface area contributed by atoms with Crippen molar-refractivity contribution in [3.63, 3.8) is 0 Å². The molecular weight excluding hydrogens is 466 g/mol. The number of ether oxygens (including phenoxy) is 1. The number of nitrogens with zero attached hydrogens (tertiary/aromatic N) is 1. The molecule has 2 aromatic carbocycles. The molecule has 2 N–H and O–H groups in total. The van der Waals surface area contributed by atoms with Crippen molar-refractivity contribution in [2.75, 3.05) is 5.32 Å². The minimum absolute atomic E-state index is 0.247. The minimum Gasteiger partial charge on any atom is -0.444 e. The first-order chi connectivity index (χ1) is 17.0. The zero-order chi connectivity index (χ0) is 28.1. The highest BCUT2D eigenvalue weighted by molar-refractivity contribution is 6.00. The van der Waals surface area contributed by atoms with Crippen LogP contribution < -0.4 is 10.6 Å². The Morgan fingerprint density at radius 1 is 0.838 bits per heavy atom. The maximum absolute atomic E-state index is 14.2. The number of rotatable bonds is 7. The highest BCUT2D eigenvalue weighted by Gasteiger charge is 2.42. The Labute approximate surface area is 222 Å². The van der Waals surface area contributed by atoms with Crippen LogP contribution in [0.2, 0.25) is 0 Å². The van der Waals surface area contributed by atoms with Crippen molar-refractivity contribution >= 4 is 23.6 Å².